The minimum atomic E-state index is -0.292. The Balaban J connectivity index is 2.21. The average molecular weight is 290 g/mol. The summed E-state index contributed by atoms with van der Waals surface area (Å²) < 4.78 is 5.38. The number of rotatable bonds is 6. The van der Waals surface area contributed by atoms with Crippen LogP contribution in [0.15, 0.2) is 24.3 Å². The maximum Gasteiger partial charge on any atom is 0.119 e. The van der Waals surface area contributed by atoms with Crippen LogP contribution in [0.3, 0.4) is 0 Å². The molecule has 0 bridgehead atoms. The van der Waals surface area contributed by atoms with E-state index in [1.165, 1.54) is 37.9 Å². The Morgan fingerprint density at radius 2 is 1.95 bits per heavy atom. The molecule has 21 heavy (non-hydrogen) atoms. The summed E-state index contributed by atoms with van der Waals surface area (Å²) in [5.74, 6) is 1.47. The van der Waals surface area contributed by atoms with Gasteiger partial charge in [0.25, 0.3) is 0 Å². The van der Waals surface area contributed by atoms with Crippen LogP contribution in [0.4, 0.5) is 0 Å². The zero-order chi connectivity index (χ0) is 15.3. The van der Waals surface area contributed by atoms with Crippen LogP contribution in [0.1, 0.15) is 45.1 Å². The fraction of sp³-hybridized carbons (Fsp3) is 0.667. The SMILES string of the molecule is COc1cccc(C(N)(CC(C)C)CN2CCCCC2)c1. The fourth-order valence-electron chi connectivity index (χ4n) is 3.45. The first-order valence-electron chi connectivity index (χ1n) is 8.19. The summed E-state index contributed by atoms with van der Waals surface area (Å²) in [5.41, 5.74) is 7.78. The zero-order valence-corrected chi connectivity index (χ0v) is 13.8. The van der Waals surface area contributed by atoms with Gasteiger partial charge in [-0.1, -0.05) is 32.4 Å². The van der Waals surface area contributed by atoms with Gasteiger partial charge in [0.15, 0.2) is 0 Å². The summed E-state index contributed by atoms with van der Waals surface area (Å²) in [5, 5.41) is 0. The van der Waals surface area contributed by atoms with E-state index in [0.29, 0.717) is 5.92 Å². The van der Waals surface area contributed by atoms with Crippen molar-refractivity contribution in [3.63, 3.8) is 0 Å². The van der Waals surface area contributed by atoms with E-state index in [0.717, 1.165) is 18.7 Å². The van der Waals surface area contributed by atoms with Gasteiger partial charge in [-0.25, -0.2) is 0 Å². The summed E-state index contributed by atoms with van der Waals surface area (Å²) in [6, 6.07) is 8.29. The van der Waals surface area contributed by atoms with Crippen molar-refractivity contribution in [2.24, 2.45) is 11.7 Å². The molecule has 2 N–H and O–H groups in total. The topological polar surface area (TPSA) is 38.5 Å². The number of hydrogen-bond donors (Lipinski definition) is 1. The maximum atomic E-state index is 6.88. The van der Waals surface area contributed by atoms with Gasteiger partial charge in [0.05, 0.1) is 12.6 Å². The number of methoxy groups -OCH3 is 1. The van der Waals surface area contributed by atoms with Crippen LogP contribution >= 0.6 is 0 Å². The second kappa shape index (κ2) is 7.28. The molecule has 1 saturated heterocycles. The molecule has 3 heteroatoms. The maximum absolute atomic E-state index is 6.88. The van der Waals surface area contributed by atoms with Crippen molar-refractivity contribution in [1.82, 2.24) is 4.90 Å². The van der Waals surface area contributed by atoms with Gasteiger partial charge in [-0.3, -0.25) is 0 Å². The predicted octanol–water partition coefficient (Wildman–Crippen LogP) is 3.38. The Kier molecular flexibility index (Phi) is 5.65. The first-order chi connectivity index (χ1) is 10.0. The molecular formula is C18H30N2O. The normalized spacial score (nSPS) is 19.5. The van der Waals surface area contributed by atoms with Crippen molar-refractivity contribution >= 4 is 0 Å². The third-order valence-electron chi connectivity index (χ3n) is 4.37. The van der Waals surface area contributed by atoms with Crippen molar-refractivity contribution in [3.8, 4) is 5.75 Å². The Bertz CT molecular complexity index is 441. The molecule has 1 aromatic rings. The second-order valence-corrected chi connectivity index (χ2v) is 6.82. The van der Waals surface area contributed by atoms with Gasteiger partial charge in [-0.15, -0.1) is 0 Å². The Labute approximate surface area is 129 Å². The molecule has 0 amide bonds. The van der Waals surface area contributed by atoms with E-state index in [1.807, 2.05) is 12.1 Å². The summed E-state index contributed by atoms with van der Waals surface area (Å²) in [6.45, 7) is 7.80. The van der Waals surface area contributed by atoms with Crippen LogP contribution < -0.4 is 10.5 Å². The smallest absolute Gasteiger partial charge is 0.119 e. The lowest BCUT2D eigenvalue weighted by atomic mass is 9.82. The zero-order valence-electron chi connectivity index (χ0n) is 13.8. The number of hydrogen-bond acceptors (Lipinski definition) is 3. The third-order valence-corrected chi connectivity index (χ3v) is 4.37. The first kappa shape index (κ1) is 16.3. The molecule has 2 rings (SSSR count). The average Bonchev–Trinajstić information content (AvgIpc) is 2.47. The van der Waals surface area contributed by atoms with Crippen LogP contribution in [0, 0.1) is 5.92 Å². The highest BCUT2D eigenvalue weighted by molar-refractivity contribution is 5.33. The predicted molar refractivity (Wildman–Crippen MR) is 88.6 cm³/mol. The summed E-state index contributed by atoms with van der Waals surface area (Å²) in [6.07, 6.45) is 4.96. The molecule has 1 atom stereocenters. The van der Waals surface area contributed by atoms with E-state index in [-0.39, 0.29) is 5.54 Å². The molecule has 1 heterocycles. The van der Waals surface area contributed by atoms with E-state index in [2.05, 4.69) is 30.9 Å². The lowest BCUT2D eigenvalue weighted by Crippen LogP contribution is -2.49. The molecule has 1 fully saturated rings. The standard InChI is InChI=1S/C18H30N2O/c1-15(2)13-18(19,14-20-10-5-4-6-11-20)16-8-7-9-17(12-16)21-3/h7-9,12,15H,4-6,10-11,13-14,19H2,1-3H3. The van der Waals surface area contributed by atoms with Crippen LogP contribution in [-0.2, 0) is 5.54 Å². The van der Waals surface area contributed by atoms with Gasteiger partial charge in [0, 0.05) is 6.54 Å². The van der Waals surface area contributed by atoms with Crippen LogP contribution in [0.2, 0.25) is 0 Å². The van der Waals surface area contributed by atoms with Gasteiger partial charge in [0.1, 0.15) is 5.75 Å². The molecule has 118 valence electrons. The minimum Gasteiger partial charge on any atom is -0.497 e. The first-order valence-corrected chi connectivity index (χ1v) is 8.19. The minimum absolute atomic E-state index is 0.292. The molecule has 1 aliphatic heterocycles. The number of nitrogens with zero attached hydrogens (tertiary/aromatic N) is 1. The van der Waals surface area contributed by atoms with Crippen molar-refractivity contribution in [1.29, 1.82) is 0 Å². The molecule has 0 aromatic heterocycles. The number of likely N-dealkylation sites (tertiary alicyclic amines) is 1. The van der Waals surface area contributed by atoms with Crippen molar-refractivity contribution in [2.45, 2.75) is 45.1 Å². The molecular weight excluding hydrogens is 260 g/mol. The molecule has 1 aromatic carbocycles. The fourth-order valence-corrected chi connectivity index (χ4v) is 3.45. The second-order valence-electron chi connectivity index (χ2n) is 6.82. The lowest BCUT2D eigenvalue weighted by molar-refractivity contribution is 0.162. The van der Waals surface area contributed by atoms with Gasteiger partial charge in [0.2, 0.25) is 0 Å². The Morgan fingerprint density at radius 1 is 1.24 bits per heavy atom. The largest absolute Gasteiger partial charge is 0.497 e. The van der Waals surface area contributed by atoms with E-state index in [9.17, 15) is 0 Å². The van der Waals surface area contributed by atoms with Crippen LogP contribution in [0.25, 0.3) is 0 Å². The van der Waals surface area contributed by atoms with E-state index >= 15 is 0 Å². The number of benzene rings is 1. The molecule has 0 saturated carbocycles. The summed E-state index contributed by atoms with van der Waals surface area (Å²) >= 11 is 0. The summed E-state index contributed by atoms with van der Waals surface area (Å²) in [7, 11) is 1.71. The van der Waals surface area contributed by atoms with Gasteiger partial charge in [-0.05, 0) is 56.0 Å². The summed E-state index contributed by atoms with van der Waals surface area (Å²) in [4.78, 5) is 2.53. The molecule has 0 radical (unpaired) electrons. The molecule has 1 aliphatic rings. The van der Waals surface area contributed by atoms with Gasteiger partial charge < -0.3 is 15.4 Å². The number of ether oxygens (including phenoxy) is 1. The highest BCUT2D eigenvalue weighted by Gasteiger charge is 2.31. The van der Waals surface area contributed by atoms with Crippen LogP contribution in [-0.4, -0.2) is 31.6 Å². The van der Waals surface area contributed by atoms with Crippen molar-refractivity contribution < 1.29 is 4.74 Å². The van der Waals surface area contributed by atoms with Crippen LogP contribution in [0.5, 0.6) is 5.75 Å². The molecule has 0 spiro atoms. The van der Waals surface area contributed by atoms with E-state index in [1.54, 1.807) is 7.11 Å². The lowest BCUT2D eigenvalue weighted by Gasteiger charge is -2.38. The Morgan fingerprint density at radius 3 is 2.57 bits per heavy atom. The molecule has 0 aliphatic carbocycles. The van der Waals surface area contributed by atoms with Crippen molar-refractivity contribution in [3.05, 3.63) is 29.8 Å². The number of piperidine rings is 1. The van der Waals surface area contributed by atoms with Gasteiger partial charge in [-0.2, -0.15) is 0 Å². The number of nitrogens with two attached hydrogens (primary N) is 1. The van der Waals surface area contributed by atoms with Gasteiger partial charge >= 0.3 is 0 Å². The highest BCUT2D eigenvalue weighted by Crippen LogP contribution is 2.30. The molecule has 3 nitrogen and oxygen atoms in total. The van der Waals surface area contributed by atoms with E-state index < -0.39 is 0 Å². The van der Waals surface area contributed by atoms with Crippen molar-refractivity contribution in [2.75, 3.05) is 26.7 Å². The third kappa shape index (κ3) is 4.45. The monoisotopic (exact) mass is 290 g/mol. The highest BCUT2D eigenvalue weighted by atomic mass is 16.5. The molecule has 1 unspecified atom stereocenters. The quantitative estimate of drug-likeness (QED) is 0.873. The van der Waals surface area contributed by atoms with E-state index in [4.69, 9.17) is 10.5 Å². The Hall–Kier alpha value is -1.06.